The number of pyridine rings is 1. The third-order valence-electron chi connectivity index (χ3n) is 4.08. The van der Waals surface area contributed by atoms with Crippen LogP contribution in [0.15, 0.2) is 72.8 Å². The Hall–Kier alpha value is -3.71. The lowest BCUT2D eigenvalue weighted by atomic mass is 10.3. The molecule has 0 aliphatic heterocycles. The van der Waals surface area contributed by atoms with Gasteiger partial charge in [0.2, 0.25) is 11.8 Å². The maximum Gasteiger partial charge on any atom is 0.239 e. The Morgan fingerprint density at radius 2 is 1.53 bits per heavy atom. The fraction of sp³-hybridized carbons (Fsp3) is 0.174. The highest BCUT2D eigenvalue weighted by Crippen LogP contribution is 2.23. The van der Waals surface area contributed by atoms with Crippen LogP contribution >= 0.6 is 0 Å². The van der Waals surface area contributed by atoms with E-state index in [-0.39, 0.29) is 24.9 Å². The molecular formula is C23H24N4O3. The molecule has 0 spiro atoms. The van der Waals surface area contributed by atoms with E-state index in [1.165, 1.54) is 0 Å². The Morgan fingerprint density at radius 1 is 0.867 bits per heavy atom. The van der Waals surface area contributed by atoms with E-state index < -0.39 is 0 Å². The lowest BCUT2D eigenvalue weighted by molar-refractivity contribution is -0.119. The predicted octanol–water partition coefficient (Wildman–Crippen LogP) is 3.69. The van der Waals surface area contributed by atoms with E-state index >= 15 is 0 Å². The Labute approximate surface area is 175 Å². The molecule has 1 aromatic heterocycles. The van der Waals surface area contributed by atoms with E-state index in [1.54, 1.807) is 36.2 Å². The average molecular weight is 404 g/mol. The zero-order chi connectivity index (χ0) is 21.3. The number of likely N-dealkylation sites (N-methyl/N-ethyl adjacent to an activating group) is 1. The van der Waals surface area contributed by atoms with Crippen molar-refractivity contribution in [2.24, 2.45) is 0 Å². The van der Waals surface area contributed by atoms with Crippen molar-refractivity contribution >= 4 is 23.3 Å². The van der Waals surface area contributed by atoms with Crippen molar-refractivity contribution in [3.63, 3.8) is 0 Å². The fourth-order valence-electron chi connectivity index (χ4n) is 2.80. The van der Waals surface area contributed by atoms with Gasteiger partial charge in [0.25, 0.3) is 0 Å². The Morgan fingerprint density at radius 3 is 2.27 bits per heavy atom. The van der Waals surface area contributed by atoms with Gasteiger partial charge in [-0.3, -0.25) is 14.5 Å². The van der Waals surface area contributed by atoms with Crippen LogP contribution in [0, 0.1) is 6.92 Å². The number of rotatable bonds is 8. The molecular weight excluding hydrogens is 380 g/mol. The van der Waals surface area contributed by atoms with Crippen LogP contribution in [0.25, 0.3) is 0 Å². The minimum atomic E-state index is -0.235. The van der Waals surface area contributed by atoms with E-state index in [4.69, 9.17) is 4.74 Å². The molecule has 0 radical (unpaired) electrons. The molecule has 30 heavy (non-hydrogen) atoms. The number of anilines is 2. The monoisotopic (exact) mass is 404 g/mol. The lowest BCUT2D eigenvalue weighted by Crippen LogP contribution is -2.36. The second-order valence-corrected chi connectivity index (χ2v) is 6.88. The van der Waals surface area contributed by atoms with Crippen molar-refractivity contribution in [3.8, 4) is 11.5 Å². The predicted molar refractivity (Wildman–Crippen MR) is 117 cm³/mol. The van der Waals surface area contributed by atoms with Crippen LogP contribution in [0.5, 0.6) is 11.5 Å². The third-order valence-corrected chi connectivity index (χ3v) is 4.08. The Bertz CT molecular complexity index is 1010. The summed E-state index contributed by atoms with van der Waals surface area (Å²) in [5.41, 5.74) is 1.44. The number of nitrogens with zero attached hydrogens (tertiary/aromatic N) is 2. The summed E-state index contributed by atoms with van der Waals surface area (Å²) in [5, 5.41) is 5.55. The van der Waals surface area contributed by atoms with Gasteiger partial charge < -0.3 is 15.4 Å². The molecule has 0 aliphatic rings. The van der Waals surface area contributed by atoms with Gasteiger partial charge in [-0.25, -0.2) is 4.98 Å². The molecule has 2 aromatic carbocycles. The molecule has 0 saturated heterocycles. The van der Waals surface area contributed by atoms with Gasteiger partial charge in [0.1, 0.15) is 17.3 Å². The molecule has 1 heterocycles. The van der Waals surface area contributed by atoms with Crippen molar-refractivity contribution in [3.05, 3.63) is 78.5 Å². The molecule has 7 nitrogen and oxygen atoms in total. The SMILES string of the molecule is Cc1cccc(NC(=O)CN(C)CC(=O)Nc2cccc(Oc3ccccc3)c2)n1. The highest BCUT2D eigenvalue weighted by atomic mass is 16.5. The van der Waals surface area contributed by atoms with E-state index in [0.29, 0.717) is 17.3 Å². The third kappa shape index (κ3) is 6.72. The quantitative estimate of drug-likeness (QED) is 0.598. The molecule has 2 amide bonds. The van der Waals surface area contributed by atoms with Gasteiger partial charge in [0, 0.05) is 17.4 Å². The van der Waals surface area contributed by atoms with Crippen molar-refractivity contribution in [2.75, 3.05) is 30.8 Å². The number of ether oxygens (including phenoxy) is 1. The molecule has 3 rings (SSSR count). The maximum absolute atomic E-state index is 12.3. The smallest absolute Gasteiger partial charge is 0.239 e. The normalized spacial score (nSPS) is 10.5. The second-order valence-electron chi connectivity index (χ2n) is 6.88. The van der Waals surface area contributed by atoms with Gasteiger partial charge >= 0.3 is 0 Å². The van der Waals surface area contributed by atoms with Crippen molar-refractivity contribution < 1.29 is 14.3 Å². The number of aryl methyl sites for hydroxylation is 1. The first-order valence-electron chi connectivity index (χ1n) is 9.53. The molecule has 7 heteroatoms. The Balaban J connectivity index is 1.48. The summed E-state index contributed by atoms with van der Waals surface area (Å²) in [6.07, 6.45) is 0. The molecule has 0 unspecified atom stereocenters. The number of amides is 2. The molecule has 3 aromatic rings. The highest BCUT2D eigenvalue weighted by molar-refractivity contribution is 5.94. The first-order chi connectivity index (χ1) is 14.5. The Kier molecular flexibility index (Phi) is 7.13. The molecule has 0 aliphatic carbocycles. The zero-order valence-electron chi connectivity index (χ0n) is 17.0. The number of para-hydroxylation sites is 1. The van der Waals surface area contributed by atoms with Crippen LogP contribution < -0.4 is 15.4 Å². The number of aromatic nitrogens is 1. The molecule has 0 bridgehead atoms. The topological polar surface area (TPSA) is 83.6 Å². The van der Waals surface area contributed by atoms with Gasteiger partial charge in [-0.05, 0) is 50.4 Å². The minimum absolute atomic E-state index is 0.0679. The van der Waals surface area contributed by atoms with Crippen LogP contribution in [0.4, 0.5) is 11.5 Å². The number of hydrogen-bond donors (Lipinski definition) is 2. The maximum atomic E-state index is 12.3. The first-order valence-corrected chi connectivity index (χ1v) is 9.53. The number of carbonyl (C=O) groups is 2. The number of benzene rings is 2. The van der Waals surface area contributed by atoms with Gasteiger partial charge in [-0.15, -0.1) is 0 Å². The van der Waals surface area contributed by atoms with Crippen molar-refractivity contribution in [2.45, 2.75) is 6.92 Å². The summed E-state index contributed by atoms with van der Waals surface area (Å²) in [5.74, 6) is 1.37. The van der Waals surface area contributed by atoms with Crippen LogP contribution in [0.3, 0.4) is 0 Å². The standard InChI is InChI=1S/C23H24N4O3/c1-17-8-6-13-21(24-17)26-23(29)16-27(2)15-22(28)25-18-9-7-12-20(14-18)30-19-10-4-3-5-11-19/h3-14H,15-16H2,1-2H3,(H,25,28)(H,24,26,29). The van der Waals surface area contributed by atoms with Crippen molar-refractivity contribution in [1.29, 1.82) is 0 Å². The minimum Gasteiger partial charge on any atom is -0.457 e. The zero-order valence-corrected chi connectivity index (χ0v) is 17.0. The van der Waals surface area contributed by atoms with Gasteiger partial charge in [0.15, 0.2) is 0 Å². The van der Waals surface area contributed by atoms with Crippen LogP contribution in [-0.4, -0.2) is 41.8 Å². The molecule has 0 saturated carbocycles. The summed E-state index contributed by atoms with van der Waals surface area (Å²) in [7, 11) is 1.71. The highest BCUT2D eigenvalue weighted by Gasteiger charge is 2.12. The molecule has 0 atom stereocenters. The van der Waals surface area contributed by atoms with E-state index in [1.807, 2.05) is 55.5 Å². The van der Waals surface area contributed by atoms with E-state index in [0.717, 1.165) is 11.4 Å². The van der Waals surface area contributed by atoms with Crippen LogP contribution in [0.2, 0.25) is 0 Å². The van der Waals surface area contributed by atoms with E-state index in [2.05, 4.69) is 15.6 Å². The largest absolute Gasteiger partial charge is 0.457 e. The molecule has 154 valence electrons. The summed E-state index contributed by atoms with van der Waals surface area (Å²) in [6.45, 7) is 1.99. The second kappa shape index (κ2) is 10.2. The van der Waals surface area contributed by atoms with Crippen LogP contribution in [-0.2, 0) is 9.59 Å². The van der Waals surface area contributed by atoms with E-state index in [9.17, 15) is 9.59 Å². The number of nitrogens with one attached hydrogen (secondary N) is 2. The first kappa shape index (κ1) is 21.0. The van der Waals surface area contributed by atoms with Gasteiger partial charge in [-0.1, -0.05) is 30.3 Å². The molecule has 0 fully saturated rings. The lowest BCUT2D eigenvalue weighted by Gasteiger charge is -2.16. The molecule has 2 N–H and O–H groups in total. The summed E-state index contributed by atoms with van der Waals surface area (Å²) in [6, 6.07) is 22.0. The number of hydrogen-bond acceptors (Lipinski definition) is 5. The van der Waals surface area contributed by atoms with Gasteiger partial charge in [0.05, 0.1) is 13.1 Å². The fourth-order valence-corrected chi connectivity index (χ4v) is 2.80. The number of carbonyl (C=O) groups excluding carboxylic acids is 2. The summed E-state index contributed by atoms with van der Waals surface area (Å²) in [4.78, 5) is 30.4. The van der Waals surface area contributed by atoms with Crippen LogP contribution in [0.1, 0.15) is 5.69 Å². The van der Waals surface area contributed by atoms with Crippen molar-refractivity contribution in [1.82, 2.24) is 9.88 Å². The summed E-state index contributed by atoms with van der Waals surface area (Å²) >= 11 is 0. The average Bonchev–Trinajstić information content (AvgIpc) is 2.68. The van der Waals surface area contributed by atoms with Gasteiger partial charge in [-0.2, -0.15) is 0 Å². The summed E-state index contributed by atoms with van der Waals surface area (Å²) < 4.78 is 5.78.